The Labute approximate surface area is 226 Å². The van der Waals surface area contributed by atoms with Crippen LogP contribution in [-0.4, -0.2) is 42.3 Å². The molecular weight excluding hydrogens is 510 g/mol. The number of nitrogens with one attached hydrogen (secondary N) is 1. The first-order valence-electron chi connectivity index (χ1n) is 12.2. The second-order valence-electron chi connectivity index (χ2n) is 9.98. The van der Waals surface area contributed by atoms with Crippen molar-refractivity contribution >= 4 is 45.9 Å². The number of thiophene rings is 1. The number of thioether (sulfide) groups is 1. The number of aromatic nitrogens is 1. The molecule has 1 unspecified atom stereocenters. The molecule has 0 fully saturated rings. The number of methoxy groups -OCH3 is 1. The Morgan fingerprint density at radius 3 is 2.65 bits per heavy atom. The van der Waals surface area contributed by atoms with Crippen LogP contribution in [0.3, 0.4) is 0 Å². The number of carbonyl (C=O) groups is 3. The fourth-order valence-electron chi connectivity index (χ4n) is 4.35. The van der Waals surface area contributed by atoms with Gasteiger partial charge in [-0.15, -0.1) is 23.1 Å². The van der Waals surface area contributed by atoms with Gasteiger partial charge in [-0.3, -0.25) is 4.79 Å². The van der Waals surface area contributed by atoms with Crippen molar-refractivity contribution in [3.05, 3.63) is 38.9 Å². The van der Waals surface area contributed by atoms with Gasteiger partial charge in [0, 0.05) is 17.9 Å². The van der Waals surface area contributed by atoms with Gasteiger partial charge in [0.1, 0.15) is 21.0 Å². The van der Waals surface area contributed by atoms with E-state index in [4.69, 9.17) is 14.5 Å². The molecule has 10 heteroatoms. The summed E-state index contributed by atoms with van der Waals surface area (Å²) >= 11 is 2.36. The maximum absolute atomic E-state index is 12.7. The zero-order chi connectivity index (χ0) is 27.3. The molecule has 198 valence electrons. The average molecular weight is 544 g/mol. The first kappa shape index (κ1) is 28.7. The van der Waals surface area contributed by atoms with Crippen LogP contribution in [-0.2, 0) is 27.1 Å². The molecule has 1 atom stereocenters. The molecule has 0 aromatic carbocycles. The first-order valence-corrected chi connectivity index (χ1v) is 14.0. The minimum absolute atomic E-state index is 0.132. The molecule has 1 aliphatic carbocycles. The molecule has 0 spiro atoms. The lowest BCUT2D eigenvalue weighted by Crippen LogP contribution is -2.27. The Morgan fingerprint density at radius 1 is 1.30 bits per heavy atom. The van der Waals surface area contributed by atoms with Gasteiger partial charge in [0.05, 0.1) is 24.8 Å². The summed E-state index contributed by atoms with van der Waals surface area (Å²) < 4.78 is 9.91. The van der Waals surface area contributed by atoms with E-state index >= 15 is 0 Å². The Bertz CT molecular complexity index is 1240. The fraction of sp³-hybridized carbons (Fsp3) is 0.519. The first-order chi connectivity index (χ1) is 17.5. The van der Waals surface area contributed by atoms with Gasteiger partial charge < -0.3 is 14.8 Å². The number of nitriles is 1. The van der Waals surface area contributed by atoms with E-state index in [9.17, 15) is 19.6 Å². The summed E-state index contributed by atoms with van der Waals surface area (Å²) in [5, 5.41) is 13.3. The molecule has 3 rings (SSSR count). The van der Waals surface area contributed by atoms with Crippen molar-refractivity contribution in [2.24, 2.45) is 11.3 Å². The Kier molecular flexibility index (Phi) is 9.37. The number of rotatable bonds is 8. The predicted octanol–water partition coefficient (Wildman–Crippen LogP) is 5.56. The maximum Gasteiger partial charge on any atom is 0.348 e. The van der Waals surface area contributed by atoms with Gasteiger partial charge in [0.15, 0.2) is 0 Å². The highest BCUT2D eigenvalue weighted by Gasteiger charge is 2.30. The molecule has 1 N–H and O–H groups in total. The fourth-order valence-corrected chi connectivity index (χ4v) is 6.37. The van der Waals surface area contributed by atoms with E-state index in [0.717, 1.165) is 41.9 Å². The van der Waals surface area contributed by atoms with Crippen LogP contribution in [0.2, 0.25) is 0 Å². The number of carbonyl (C=O) groups excluding carboxylic acids is 3. The van der Waals surface area contributed by atoms with Crippen LogP contribution in [0.25, 0.3) is 0 Å². The molecule has 2 heterocycles. The van der Waals surface area contributed by atoms with Gasteiger partial charge in [-0.1, -0.05) is 20.8 Å². The lowest BCUT2D eigenvalue weighted by molar-refractivity contribution is -0.115. The summed E-state index contributed by atoms with van der Waals surface area (Å²) in [5.41, 5.74) is 3.47. The van der Waals surface area contributed by atoms with E-state index in [0.29, 0.717) is 27.8 Å². The molecule has 0 saturated carbocycles. The highest BCUT2D eigenvalue weighted by molar-refractivity contribution is 7.99. The van der Waals surface area contributed by atoms with Crippen LogP contribution in [0.15, 0.2) is 11.1 Å². The van der Waals surface area contributed by atoms with Gasteiger partial charge in [-0.2, -0.15) is 5.26 Å². The van der Waals surface area contributed by atoms with Crippen molar-refractivity contribution in [2.45, 2.75) is 65.3 Å². The Morgan fingerprint density at radius 2 is 2.03 bits per heavy atom. The van der Waals surface area contributed by atoms with E-state index in [1.807, 2.05) is 6.07 Å². The number of pyridine rings is 1. The summed E-state index contributed by atoms with van der Waals surface area (Å²) in [6.45, 7) is 10.3. The number of fused-ring (bicyclic) bond motifs is 1. The minimum Gasteiger partial charge on any atom is -0.465 e. The normalized spacial score (nSPS) is 14.9. The quantitative estimate of drug-likeness (QED) is 0.340. The molecule has 0 bridgehead atoms. The van der Waals surface area contributed by atoms with Crippen LogP contribution in [0.4, 0.5) is 5.00 Å². The topological polar surface area (TPSA) is 118 Å². The highest BCUT2D eigenvalue weighted by atomic mass is 32.2. The van der Waals surface area contributed by atoms with Gasteiger partial charge in [-0.25, -0.2) is 14.6 Å². The molecule has 8 nitrogen and oxygen atoms in total. The van der Waals surface area contributed by atoms with Crippen molar-refractivity contribution in [1.29, 1.82) is 5.26 Å². The average Bonchev–Trinajstić information content (AvgIpc) is 3.17. The maximum atomic E-state index is 12.7. The number of amides is 1. The van der Waals surface area contributed by atoms with Crippen LogP contribution in [0.1, 0.15) is 83.0 Å². The molecule has 2 aromatic rings. The van der Waals surface area contributed by atoms with Crippen molar-refractivity contribution in [3.63, 3.8) is 0 Å². The minimum atomic E-state index is -0.639. The van der Waals surface area contributed by atoms with E-state index in [1.54, 1.807) is 13.8 Å². The standard InChI is InChI=1S/C27H33N3O5S2/c1-7-35-26(33)22-15(2)21(25(32)34-6)24(37-22)30-20(31)10-11-36-23-17(14-28)12-16-13-18(27(3,4)5)8-9-19(16)29-23/h12,18H,7-11,13H2,1-6H3,(H,30,31). The highest BCUT2D eigenvalue weighted by Crippen LogP contribution is 2.38. The largest absolute Gasteiger partial charge is 0.465 e. The summed E-state index contributed by atoms with van der Waals surface area (Å²) in [4.78, 5) is 42.4. The van der Waals surface area contributed by atoms with Crippen LogP contribution >= 0.6 is 23.1 Å². The number of esters is 2. The second kappa shape index (κ2) is 12.1. The number of nitrogens with zero attached hydrogens (tertiary/aromatic N) is 2. The smallest absolute Gasteiger partial charge is 0.348 e. The van der Waals surface area contributed by atoms with Gasteiger partial charge >= 0.3 is 11.9 Å². The molecule has 1 aliphatic rings. The Hall–Kier alpha value is -2.90. The number of ether oxygens (including phenoxy) is 2. The molecule has 2 aromatic heterocycles. The lowest BCUT2D eigenvalue weighted by Gasteiger charge is -2.34. The van der Waals surface area contributed by atoms with Crippen LogP contribution < -0.4 is 5.32 Å². The number of anilines is 1. The second-order valence-corrected chi connectivity index (χ2v) is 12.1. The zero-order valence-electron chi connectivity index (χ0n) is 22.1. The van der Waals surface area contributed by atoms with Crippen LogP contribution in [0, 0.1) is 29.6 Å². The van der Waals surface area contributed by atoms with Gasteiger partial charge in [0.25, 0.3) is 0 Å². The van der Waals surface area contributed by atoms with E-state index < -0.39 is 11.9 Å². The van der Waals surface area contributed by atoms with Crippen molar-refractivity contribution in [1.82, 2.24) is 4.98 Å². The summed E-state index contributed by atoms with van der Waals surface area (Å²) in [6.07, 6.45) is 3.00. The number of aryl methyl sites for hydroxylation is 1. The summed E-state index contributed by atoms with van der Waals surface area (Å²) in [5.74, 6) is -0.559. The van der Waals surface area contributed by atoms with E-state index in [1.165, 1.54) is 18.9 Å². The molecule has 0 aliphatic heterocycles. The lowest BCUT2D eigenvalue weighted by atomic mass is 9.71. The van der Waals surface area contributed by atoms with Crippen molar-refractivity contribution in [3.8, 4) is 6.07 Å². The Balaban J connectivity index is 1.69. The number of hydrogen-bond donors (Lipinski definition) is 1. The summed E-state index contributed by atoms with van der Waals surface area (Å²) in [6, 6.07) is 4.21. The number of hydrogen-bond acceptors (Lipinski definition) is 9. The van der Waals surface area contributed by atoms with Crippen molar-refractivity contribution in [2.75, 3.05) is 24.8 Å². The zero-order valence-corrected chi connectivity index (χ0v) is 23.8. The van der Waals surface area contributed by atoms with E-state index in [2.05, 4.69) is 32.2 Å². The third-order valence-electron chi connectivity index (χ3n) is 6.52. The third-order valence-corrected chi connectivity index (χ3v) is 8.70. The monoisotopic (exact) mass is 543 g/mol. The molecule has 37 heavy (non-hydrogen) atoms. The van der Waals surface area contributed by atoms with Gasteiger partial charge in [-0.05, 0) is 61.6 Å². The van der Waals surface area contributed by atoms with E-state index in [-0.39, 0.29) is 39.8 Å². The molecule has 0 saturated heterocycles. The van der Waals surface area contributed by atoms with Crippen molar-refractivity contribution < 1.29 is 23.9 Å². The summed E-state index contributed by atoms with van der Waals surface area (Å²) in [7, 11) is 1.24. The molecule has 1 amide bonds. The van der Waals surface area contributed by atoms with Gasteiger partial charge in [0.2, 0.25) is 5.91 Å². The molecular formula is C27H33N3O5S2. The SMILES string of the molecule is CCOC(=O)c1sc(NC(=O)CCSc2nc3c(cc2C#N)CC(C(C)(C)C)CC3)c(C(=O)OC)c1C. The molecule has 0 radical (unpaired) electrons. The third kappa shape index (κ3) is 6.70. The predicted molar refractivity (Wildman–Crippen MR) is 144 cm³/mol. The van der Waals surface area contributed by atoms with Crippen LogP contribution in [0.5, 0.6) is 0 Å².